The third-order valence-electron chi connectivity index (χ3n) is 5.03. The van der Waals surface area contributed by atoms with E-state index < -0.39 is 0 Å². The molecule has 2 aliphatic heterocycles. The van der Waals surface area contributed by atoms with Crippen molar-refractivity contribution in [2.24, 2.45) is 5.92 Å². The zero-order valence-electron chi connectivity index (χ0n) is 16.8. The maximum Gasteiger partial charge on any atom is 0.319 e. The van der Waals surface area contributed by atoms with E-state index in [1.54, 1.807) is 49.5 Å². The summed E-state index contributed by atoms with van der Waals surface area (Å²) >= 11 is 0. The fourth-order valence-electron chi connectivity index (χ4n) is 3.51. The average molecular weight is 413 g/mol. The summed E-state index contributed by atoms with van der Waals surface area (Å²) in [6, 6.07) is 10.2. The van der Waals surface area contributed by atoms with Crippen molar-refractivity contribution >= 4 is 23.3 Å². The standard InChI is InChI=1S/C21H23N3O6/c1-27-16-6-14(7-17(9-16)28-2)23-21(26)22-10-13-5-20(25)24(11-13)15-3-4-18-19(8-15)30-12-29-18/h3-4,6-9,13H,5,10-12H2,1-2H3,(H2,22,23,26)/t13-/m1/s1. The Morgan fingerprint density at radius 1 is 1.10 bits per heavy atom. The van der Waals surface area contributed by atoms with Gasteiger partial charge in [-0.3, -0.25) is 4.79 Å². The van der Waals surface area contributed by atoms with Gasteiger partial charge in [-0.15, -0.1) is 0 Å². The van der Waals surface area contributed by atoms with E-state index in [1.165, 1.54) is 0 Å². The molecular weight excluding hydrogens is 390 g/mol. The van der Waals surface area contributed by atoms with Crippen molar-refractivity contribution in [1.82, 2.24) is 5.32 Å². The van der Waals surface area contributed by atoms with E-state index in [-0.39, 0.29) is 24.6 Å². The monoisotopic (exact) mass is 413 g/mol. The molecule has 0 radical (unpaired) electrons. The number of carbonyl (C=O) groups is 2. The van der Waals surface area contributed by atoms with Crippen molar-refractivity contribution in [1.29, 1.82) is 0 Å². The van der Waals surface area contributed by atoms with Crippen LogP contribution in [0.5, 0.6) is 23.0 Å². The number of hydrogen-bond donors (Lipinski definition) is 2. The lowest BCUT2D eigenvalue weighted by Gasteiger charge is -2.17. The molecule has 30 heavy (non-hydrogen) atoms. The van der Waals surface area contributed by atoms with Gasteiger partial charge in [-0.1, -0.05) is 0 Å². The Bertz CT molecular complexity index is 942. The lowest BCUT2D eigenvalue weighted by Crippen LogP contribution is -2.34. The zero-order valence-corrected chi connectivity index (χ0v) is 16.8. The van der Waals surface area contributed by atoms with Crippen LogP contribution in [0.2, 0.25) is 0 Å². The van der Waals surface area contributed by atoms with E-state index >= 15 is 0 Å². The van der Waals surface area contributed by atoms with Gasteiger partial charge in [0.2, 0.25) is 12.7 Å². The molecule has 0 aliphatic carbocycles. The van der Waals surface area contributed by atoms with Gasteiger partial charge in [-0.05, 0) is 12.1 Å². The zero-order chi connectivity index (χ0) is 21.1. The first-order valence-electron chi connectivity index (χ1n) is 9.53. The topological polar surface area (TPSA) is 98.4 Å². The second-order valence-corrected chi connectivity index (χ2v) is 7.05. The maximum atomic E-state index is 12.5. The summed E-state index contributed by atoms with van der Waals surface area (Å²) in [4.78, 5) is 26.5. The molecule has 0 bridgehead atoms. The van der Waals surface area contributed by atoms with E-state index in [9.17, 15) is 9.59 Å². The Kier molecular flexibility index (Phi) is 5.51. The van der Waals surface area contributed by atoms with E-state index in [0.29, 0.717) is 48.2 Å². The van der Waals surface area contributed by atoms with Crippen LogP contribution < -0.4 is 34.5 Å². The van der Waals surface area contributed by atoms with Gasteiger partial charge in [0.05, 0.1) is 14.2 Å². The number of rotatable bonds is 6. The largest absolute Gasteiger partial charge is 0.497 e. The van der Waals surface area contributed by atoms with Gasteiger partial charge in [-0.25, -0.2) is 4.79 Å². The lowest BCUT2D eigenvalue weighted by molar-refractivity contribution is -0.117. The van der Waals surface area contributed by atoms with Crippen LogP contribution in [-0.2, 0) is 4.79 Å². The van der Waals surface area contributed by atoms with Crippen LogP contribution in [0, 0.1) is 5.92 Å². The van der Waals surface area contributed by atoms with Crippen LogP contribution >= 0.6 is 0 Å². The summed E-state index contributed by atoms with van der Waals surface area (Å²) in [5, 5.41) is 5.59. The second kappa shape index (κ2) is 8.40. The number of methoxy groups -OCH3 is 2. The Morgan fingerprint density at radius 2 is 1.83 bits per heavy atom. The fourth-order valence-corrected chi connectivity index (χ4v) is 3.51. The number of hydrogen-bond acceptors (Lipinski definition) is 6. The highest BCUT2D eigenvalue weighted by Crippen LogP contribution is 2.37. The fraction of sp³-hybridized carbons (Fsp3) is 0.333. The molecule has 2 aliphatic rings. The molecule has 2 aromatic rings. The quantitative estimate of drug-likeness (QED) is 0.756. The molecule has 1 saturated heterocycles. The van der Waals surface area contributed by atoms with Gasteiger partial charge in [0.25, 0.3) is 0 Å². The predicted molar refractivity (Wildman–Crippen MR) is 110 cm³/mol. The molecule has 3 amide bonds. The van der Waals surface area contributed by atoms with Crippen molar-refractivity contribution in [3.05, 3.63) is 36.4 Å². The van der Waals surface area contributed by atoms with Crippen LogP contribution in [0.25, 0.3) is 0 Å². The van der Waals surface area contributed by atoms with E-state index in [4.69, 9.17) is 18.9 Å². The molecule has 2 aromatic carbocycles. The summed E-state index contributed by atoms with van der Waals surface area (Å²) in [7, 11) is 3.09. The molecule has 158 valence electrons. The molecule has 0 spiro atoms. The summed E-state index contributed by atoms with van der Waals surface area (Å²) in [5.74, 6) is 2.48. The SMILES string of the molecule is COc1cc(NC(=O)NC[C@H]2CC(=O)N(c3ccc4c(c3)OCO4)C2)cc(OC)c1. The lowest BCUT2D eigenvalue weighted by atomic mass is 10.1. The smallest absolute Gasteiger partial charge is 0.319 e. The highest BCUT2D eigenvalue weighted by atomic mass is 16.7. The van der Waals surface area contributed by atoms with Gasteiger partial charge in [-0.2, -0.15) is 0 Å². The van der Waals surface area contributed by atoms with E-state index in [2.05, 4.69) is 10.6 Å². The minimum atomic E-state index is -0.362. The number of nitrogens with one attached hydrogen (secondary N) is 2. The minimum absolute atomic E-state index is 0.00789. The molecule has 0 saturated carbocycles. The molecule has 1 fully saturated rings. The summed E-state index contributed by atoms with van der Waals surface area (Å²) < 4.78 is 21.1. The number of fused-ring (bicyclic) bond motifs is 1. The van der Waals surface area contributed by atoms with Gasteiger partial charge < -0.3 is 34.5 Å². The third-order valence-corrected chi connectivity index (χ3v) is 5.03. The first-order valence-corrected chi connectivity index (χ1v) is 9.53. The average Bonchev–Trinajstić information content (AvgIpc) is 3.37. The van der Waals surface area contributed by atoms with Gasteiger partial charge in [0, 0.05) is 61.1 Å². The number of benzene rings is 2. The maximum absolute atomic E-state index is 12.5. The van der Waals surface area contributed by atoms with E-state index in [1.807, 2.05) is 6.07 Å². The van der Waals surface area contributed by atoms with Crippen LogP contribution in [0.4, 0.5) is 16.2 Å². The van der Waals surface area contributed by atoms with Crippen molar-refractivity contribution in [3.8, 4) is 23.0 Å². The minimum Gasteiger partial charge on any atom is -0.497 e. The first-order chi connectivity index (χ1) is 14.6. The van der Waals surface area contributed by atoms with Crippen molar-refractivity contribution in [2.75, 3.05) is 44.3 Å². The Hall–Kier alpha value is -3.62. The number of carbonyl (C=O) groups excluding carboxylic acids is 2. The summed E-state index contributed by atoms with van der Waals surface area (Å²) in [5.41, 5.74) is 1.31. The molecule has 4 rings (SSSR count). The Labute approximate surface area is 173 Å². The van der Waals surface area contributed by atoms with Crippen LogP contribution in [-0.4, -0.2) is 46.0 Å². The molecule has 0 aromatic heterocycles. The predicted octanol–water partition coefficient (Wildman–Crippen LogP) is 2.61. The highest BCUT2D eigenvalue weighted by Gasteiger charge is 2.31. The Morgan fingerprint density at radius 3 is 2.57 bits per heavy atom. The second-order valence-electron chi connectivity index (χ2n) is 7.05. The van der Waals surface area contributed by atoms with Crippen LogP contribution in [0.3, 0.4) is 0 Å². The summed E-state index contributed by atoms with van der Waals surface area (Å²) in [6.45, 7) is 1.08. The molecule has 0 unspecified atom stereocenters. The van der Waals surface area contributed by atoms with Crippen molar-refractivity contribution in [3.63, 3.8) is 0 Å². The van der Waals surface area contributed by atoms with Crippen molar-refractivity contribution in [2.45, 2.75) is 6.42 Å². The van der Waals surface area contributed by atoms with Crippen LogP contribution in [0.1, 0.15) is 6.42 Å². The molecular formula is C21H23N3O6. The molecule has 9 heteroatoms. The molecule has 9 nitrogen and oxygen atoms in total. The molecule has 2 heterocycles. The molecule has 1 atom stereocenters. The highest BCUT2D eigenvalue weighted by molar-refractivity contribution is 5.96. The summed E-state index contributed by atoms with van der Waals surface area (Å²) in [6.07, 6.45) is 0.363. The number of urea groups is 1. The number of amides is 3. The Balaban J connectivity index is 1.32. The number of ether oxygens (including phenoxy) is 4. The van der Waals surface area contributed by atoms with Crippen LogP contribution in [0.15, 0.2) is 36.4 Å². The third kappa shape index (κ3) is 4.19. The number of anilines is 2. The van der Waals surface area contributed by atoms with Gasteiger partial charge in [0.1, 0.15) is 11.5 Å². The van der Waals surface area contributed by atoms with E-state index in [0.717, 1.165) is 5.69 Å². The molecule has 2 N–H and O–H groups in total. The normalized spacial score (nSPS) is 17.1. The van der Waals surface area contributed by atoms with Gasteiger partial charge in [0.15, 0.2) is 11.5 Å². The van der Waals surface area contributed by atoms with Gasteiger partial charge >= 0.3 is 6.03 Å². The number of nitrogens with zero attached hydrogens (tertiary/aromatic N) is 1. The van der Waals surface area contributed by atoms with Crippen molar-refractivity contribution < 1.29 is 28.5 Å². The first kappa shape index (κ1) is 19.7.